The number of alkyl carbamates (subject to hydrolysis) is 2. The van der Waals surface area contributed by atoms with E-state index < -0.39 is 27.2 Å². The zero-order valence-electron chi connectivity index (χ0n) is 48.6. The number of halogens is 4. The molecule has 0 aliphatic heterocycles. The van der Waals surface area contributed by atoms with Crippen molar-refractivity contribution in [2.75, 3.05) is 32.1 Å². The van der Waals surface area contributed by atoms with Crippen LogP contribution in [0.4, 0.5) is 9.59 Å². The standard InChI is InChI=1S/C34H33Cl2N4O5PS.C29H31Cl2N4O4PS/c1-24(2)32-33(47-30-20-26(35)19-27(36)21-30)40(22-25-13-15-37-16-14-25)31(39-32)23-43-34(41)38-17-18-46(42,44-28-9-5-3-6-10-28)45-29-11-7-4-8-12-29;1-20(2)27-28(41-25-16-22(30)15-23(31)17-25)35(18-21-9-11-32-12-10-21)26(34-27)19-38-29(36)33-13-14-40(3,37)39-24-7-5-4-6-8-24/h3-16,19-21,24H,17-18,22-23H2,1-2H3,(H,38,41);4-12,15-17,20H,13-14,18-19H2,1-3H3,(H,33,36). The third-order valence-corrected chi connectivity index (χ3v) is 19.0. The Kier molecular flexibility index (Phi) is 24.8. The van der Waals surface area contributed by atoms with E-state index in [0.29, 0.717) is 62.1 Å². The Morgan fingerprint density at radius 1 is 0.511 bits per heavy atom. The second-order valence-electron chi connectivity index (χ2n) is 20.3. The average Bonchev–Trinajstić information content (AvgIpc) is 3.12. The minimum absolute atomic E-state index is 0.0187. The van der Waals surface area contributed by atoms with Crippen LogP contribution in [0.2, 0.25) is 20.1 Å². The minimum atomic E-state index is -3.71. The van der Waals surface area contributed by atoms with Gasteiger partial charge in [-0.15, -0.1) is 0 Å². The molecule has 0 bridgehead atoms. The second kappa shape index (κ2) is 32.5. The molecule has 0 spiro atoms. The van der Waals surface area contributed by atoms with Crippen LogP contribution >= 0.6 is 84.9 Å². The molecule has 25 heteroatoms. The van der Waals surface area contributed by atoms with E-state index in [2.05, 4.69) is 48.3 Å². The predicted octanol–water partition coefficient (Wildman–Crippen LogP) is 17.6. The molecule has 0 radical (unpaired) electrons. The molecule has 0 aliphatic rings. The summed E-state index contributed by atoms with van der Waals surface area (Å²) in [4.78, 5) is 45.2. The first-order valence-electron chi connectivity index (χ1n) is 27.7. The molecule has 0 saturated heterocycles. The van der Waals surface area contributed by atoms with Gasteiger partial charge in [-0.2, -0.15) is 0 Å². The normalized spacial score (nSPS) is 11.9. The quantitative estimate of drug-likeness (QED) is 0.0485. The van der Waals surface area contributed by atoms with E-state index in [1.807, 2.05) is 88.0 Å². The van der Waals surface area contributed by atoms with Crippen molar-refractivity contribution < 1.29 is 41.8 Å². The molecule has 4 heterocycles. The summed E-state index contributed by atoms with van der Waals surface area (Å²) >= 11 is 28.1. The van der Waals surface area contributed by atoms with Crippen molar-refractivity contribution in [2.45, 2.75) is 85.7 Å². The van der Waals surface area contributed by atoms with Gasteiger partial charge in [0.25, 0.3) is 0 Å². The highest BCUT2D eigenvalue weighted by atomic mass is 35.5. The number of nitrogens with zero attached hydrogens (tertiary/aromatic N) is 6. The number of para-hydroxylation sites is 3. The maximum absolute atomic E-state index is 13.8. The number of amides is 2. The van der Waals surface area contributed by atoms with E-state index in [1.54, 1.807) is 104 Å². The number of carbonyl (C=O) groups is 2. The Labute approximate surface area is 540 Å². The summed E-state index contributed by atoms with van der Waals surface area (Å²) in [5.74, 6) is 2.63. The lowest BCUT2D eigenvalue weighted by Crippen LogP contribution is -2.28. The zero-order valence-corrected chi connectivity index (χ0v) is 55.1. The maximum Gasteiger partial charge on any atom is 0.432 e. The highest BCUT2D eigenvalue weighted by Gasteiger charge is 2.30. The van der Waals surface area contributed by atoms with E-state index in [9.17, 15) is 18.7 Å². The summed E-state index contributed by atoms with van der Waals surface area (Å²) in [6.07, 6.45) is 5.65. The van der Waals surface area contributed by atoms with Crippen LogP contribution in [-0.4, -0.2) is 73.3 Å². The average molecular weight is 1350 g/mol. The van der Waals surface area contributed by atoms with E-state index >= 15 is 0 Å². The van der Waals surface area contributed by atoms with Crippen molar-refractivity contribution in [3.63, 3.8) is 0 Å². The Morgan fingerprint density at radius 3 is 1.23 bits per heavy atom. The largest absolute Gasteiger partial charge is 0.443 e. The third kappa shape index (κ3) is 20.8. The molecule has 1 unspecified atom stereocenters. The Balaban J connectivity index is 0.000000230. The molecule has 1 atom stereocenters. The van der Waals surface area contributed by atoms with Gasteiger partial charge in [0.15, 0.2) is 13.2 Å². The van der Waals surface area contributed by atoms with Gasteiger partial charge in [0, 0.05) is 74.4 Å². The SMILES string of the molecule is CC(C)c1nc(COC(=O)NCCP(=O)(Oc2ccccc2)Oc2ccccc2)n(Cc2ccncc2)c1Sc1cc(Cl)cc(Cl)c1.CC(C)c1nc(COC(=O)NCCP(C)(=O)Oc2ccccc2)n(Cc2ccncc2)c1Sc1cc(Cl)cc(Cl)c1. The van der Waals surface area contributed by atoms with Crippen molar-refractivity contribution in [3.05, 3.63) is 231 Å². The van der Waals surface area contributed by atoms with Crippen LogP contribution in [0.1, 0.15) is 73.7 Å². The van der Waals surface area contributed by atoms with E-state index in [-0.39, 0.29) is 50.5 Å². The van der Waals surface area contributed by atoms with E-state index in [0.717, 1.165) is 42.4 Å². The Hall–Kier alpha value is -6.92. The maximum atomic E-state index is 13.8. The topological polar surface area (TPSA) is 200 Å². The smallest absolute Gasteiger partial charge is 0.432 e. The van der Waals surface area contributed by atoms with Gasteiger partial charge in [0.05, 0.1) is 36.8 Å². The second-order valence-corrected chi connectivity index (χ2v) is 28.9. The molecular formula is C63H64Cl4N8O9P2S2. The van der Waals surface area contributed by atoms with Gasteiger partial charge in [-0.3, -0.25) is 14.5 Å². The molecule has 460 valence electrons. The summed E-state index contributed by atoms with van der Waals surface area (Å²) in [5.41, 5.74) is 3.72. The number of ether oxygens (including phenoxy) is 2. The van der Waals surface area contributed by atoms with Crippen molar-refractivity contribution in [2.24, 2.45) is 0 Å². The Bertz CT molecular complexity index is 3760. The third-order valence-electron chi connectivity index (χ3n) is 12.5. The molecule has 17 nitrogen and oxygen atoms in total. The number of hydrogen-bond donors (Lipinski definition) is 2. The summed E-state index contributed by atoms with van der Waals surface area (Å²) in [6, 6.07) is 44.9. The fraction of sp³-hybridized carbons (Fsp3) is 0.238. The fourth-order valence-corrected chi connectivity index (χ4v) is 14.9. The van der Waals surface area contributed by atoms with Crippen LogP contribution < -0.4 is 24.2 Å². The number of hydrogen-bond acceptors (Lipinski definition) is 15. The lowest BCUT2D eigenvalue weighted by molar-refractivity contribution is 0.135. The molecule has 9 rings (SSSR count). The Morgan fingerprint density at radius 2 is 0.864 bits per heavy atom. The van der Waals surface area contributed by atoms with Crippen molar-refractivity contribution >= 4 is 97.1 Å². The van der Waals surface area contributed by atoms with Gasteiger partial charge in [-0.25, -0.2) is 24.1 Å². The van der Waals surface area contributed by atoms with Crippen LogP contribution in [0.25, 0.3) is 0 Å². The first-order valence-corrected chi connectivity index (χ1v) is 34.8. The summed E-state index contributed by atoms with van der Waals surface area (Å²) in [5, 5.41) is 9.26. The minimum Gasteiger partial charge on any atom is -0.443 e. The monoisotopic (exact) mass is 1340 g/mol. The van der Waals surface area contributed by atoms with E-state index in [4.69, 9.17) is 79.4 Å². The molecular weight excluding hydrogens is 1280 g/mol. The molecule has 2 N–H and O–H groups in total. The van der Waals surface area contributed by atoms with Gasteiger partial charge >= 0.3 is 19.8 Å². The van der Waals surface area contributed by atoms with Gasteiger partial charge in [0.1, 0.15) is 38.9 Å². The van der Waals surface area contributed by atoms with Crippen LogP contribution in [0.15, 0.2) is 196 Å². The van der Waals surface area contributed by atoms with Crippen LogP contribution in [0.3, 0.4) is 0 Å². The zero-order chi connectivity index (χ0) is 62.6. The van der Waals surface area contributed by atoms with Crippen LogP contribution in [0.5, 0.6) is 17.2 Å². The summed E-state index contributed by atoms with van der Waals surface area (Å²) < 4.78 is 59.0. The lowest BCUT2D eigenvalue weighted by atomic mass is 10.1. The molecule has 4 aromatic heterocycles. The lowest BCUT2D eigenvalue weighted by Gasteiger charge is -2.20. The van der Waals surface area contributed by atoms with Gasteiger partial charge in [-0.05, 0) is 120 Å². The van der Waals surface area contributed by atoms with Gasteiger partial charge in [0.2, 0.25) is 7.37 Å². The number of imidazole rings is 2. The van der Waals surface area contributed by atoms with Crippen molar-refractivity contribution in [1.29, 1.82) is 0 Å². The molecule has 0 fully saturated rings. The summed E-state index contributed by atoms with van der Waals surface area (Å²) in [6.45, 7) is 10.7. The highest BCUT2D eigenvalue weighted by Crippen LogP contribution is 2.48. The van der Waals surface area contributed by atoms with Gasteiger partial charge < -0.3 is 42.8 Å². The van der Waals surface area contributed by atoms with Gasteiger partial charge in [-0.1, -0.05) is 152 Å². The summed E-state index contributed by atoms with van der Waals surface area (Å²) in [7, 11) is -6.67. The van der Waals surface area contributed by atoms with Crippen LogP contribution in [-0.2, 0) is 44.9 Å². The number of aromatic nitrogens is 6. The highest BCUT2D eigenvalue weighted by molar-refractivity contribution is 7.99. The molecule has 2 amide bonds. The molecule has 88 heavy (non-hydrogen) atoms. The number of pyridine rings is 2. The molecule has 0 aliphatic carbocycles. The number of benzene rings is 5. The van der Waals surface area contributed by atoms with Crippen LogP contribution in [0, 0.1) is 0 Å². The number of nitrogens with one attached hydrogen (secondary N) is 2. The first kappa shape index (κ1) is 67.0. The van der Waals surface area contributed by atoms with Crippen molar-refractivity contribution in [1.82, 2.24) is 39.7 Å². The number of rotatable bonds is 26. The van der Waals surface area contributed by atoms with Crippen molar-refractivity contribution in [3.8, 4) is 17.2 Å². The number of carbonyl (C=O) groups excluding carboxylic acids is 2. The predicted molar refractivity (Wildman–Crippen MR) is 349 cm³/mol. The molecule has 0 saturated carbocycles. The molecule has 9 aromatic rings. The fourth-order valence-electron chi connectivity index (χ4n) is 8.42. The van der Waals surface area contributed by atoms with E-state index in [1.165, 1.54) is 23.5 Å². The first-order chi connectivity index (χ1) is 42.3. The molecule has 5 aromatic carbocycles.